The SMILES string of the molecule is COc1cccc(OC)c1OCC(O)CN1CCC(Oc2ccc(Cl)cc2)C1. The van der Waals surface area contributed by atoms with Gasteiger partial charge in [0.1, 0.15) is 24.6 Å². The van der Waals surface area contributed by atoms with Crippen molar-refractivity contribution in [3.63, 3.8) is 0 Å². The molecule has 2 atom stereocenters. The van der Waals surface area contributed by atoms with Gasteiger partial charge in [0.2, 0.25) is 5.75 Å². The largest absolute Gasteiger partial charge is 0.493 e. The van der Waals surface area contributed by atoms with Crippen molar-refractivity contribution >= 4 is 11.6 Å². The molecule has 0 bridgehead atoms. The molecule has 0 aliphatic carbocycles. The number of methoxy groups -OCH3 is 2. The molecule has 6 nitrogen and oxygen atoms in total. The standard InChI is InChI=1S/C21H26ClNO5/c1-25-19-4-3-5-20(26-2)21(19)27-14-16(24)12-23-11-10-18(13-23)28-17-8-6-15(22)7-9-17/h3-9,16,18,24H,10-14H2,1-2H3. The summed E-state index contributed by atoms with van der Waals surface area (Å²) in [6.45, 7) is 2.29. The van der Waals surface area contributed by atoms with Crippen molar-refractivity contribution in [2.75, 3.05) is 40.5 Å². The lowest BCUT2D eigenvalue weighted by Crippen LogP contribution is -2.35. The number of nitrogens with zero attached hydrogens (tertiary/aromatic N) is 1. The average Bonchev–Trinajstić information content (AvgIpc) is 3.14. The van der Waals surface area contributed by atoms with Gasteiger partial charge in [-0.05, 0) is 42.8 Å². The number of likely N-dealkylation sites (tertiary alicyclic amines) is 1. The van der Waals surface area contributed by atoms with E-state index in [0.29, 0.717) is 28.8 Å². The topological polar surface area (TPSA) is 60.4 Å². The Bertz CT molecular complexity index is 733. The van der Waals surface area contributed by atoms with Gasteiger partial charge in [-0.1, -0.05) is 17.7 Å². The van der Waals surface area contributed by atoms with E-state index in [-0.39, 0.29) is 12.7 Å². The minimum absolute atomic E-state index is 0.101. The van der Waals surface area contributed by atoms with Crippen molar-refractivity contribution in [2.45, 2.75) is 18.6 Å². The maximum absolute atomic E-state index is 10.4. The Morgan fingerprint density at radius 1 is 1.11 bits per heavy atom. The highest BCUT2D eigenvalue weighted by Crippen LogP contribution is 2.36. The molecule has 2 aromatic carbocycles. The van der Waals surface area contributed by atoms with E-state index < -0.39 is 6.10 Å². The zero-order valence-corrected chi connectivity index (χ0v) is 16.9. The first-order chi connectivity index (χ1) is 13.6. The molecule has 0 saturated carbocycles. The molecule has 28 heavy (non-hydrogen) atoms. The molecule has 1 aliphatic rings. The smallest absolute Gasteiger partial charge is 0.203 e. The second-order valence-corrected chi connectivity index (χ2v) is 7.13. The van der Waals surface area contributed by atoms with Crippen molar-refractivity contribution in [1.29, 1.82) is 0 Å². The third-order valence-corrected chi connectivity index (χ3v) is 4.87. The third-order valence-electron chi connectivity index (χ3n) is 4.62. The molecule has 0 spiro atoms. The fourth-order valence-corrected chi connectivity index (χ4v) is 3.38. The second-order valence-electron chi connectivity index (χ2n) is 6.70. The fraction of sp³-hybridized carbons (Fsp3) is 0.429. The van der Waals surface area contributed by atoms with Crippen LogP contribution in [0.3, 0.4) is 0 Å². The molecule has 1 aliphatic heterocycles. The normalized spacial score (nSPS) is 17.9. The van der Waals surface area contributed by atoms with Crippen LogP contribution >= 0.6 is 11.6 Å². The zero-order chi connectivity index (χ0) is 19.9. The Balaban J connectivity index is 1.47. The lowest BCUT2D eigenvalue weighted by molar-refractivity contribution is 0.0698. The molecule has 1 saturated heterocycles. The maximum atomic E-state index is 10.4. The highest BCUT2D eigenvalue weighted by molar-refractivity contribution is 6.30. The van der Waals surface area contributed by atoms with Gasteiger partial charge in [-0.25, -0.2) is 0 Å². The zero-order valence-electron chi connectivity index (χ0n) is 16.1. The number of rotatable bonds is 9. The summed E-state index contributed by atoms with van der Waals surface area (Å²) in [6, 6.07) is 12.8. The van der Waals surface area contributed by atoms with Gasteiger partial charge < -0.3 is 24.1 Å². The predicted molar refractivity (Wildman–Crippen MR) is 108 cm³/mol. The Hall–Kier alpha value is -2.15. The minimum atomic E-state index is -0.635. The van der Waals surface area contributed by atoms with Gasteiger partial charge in [-0.15, -0.1) is 0 Å². The summed E-state index contributed by atoms with van der Waals surface area (Å²) in [4.78, 5) is 2.17. The molecule has 1 fully saturated rings. The van der Waals surface area contributed by atoms with Gasteiger partial charge in [-0.3, -0.25) is 4.90 Å². The summed E-state index contributed by atoms with van der Waals surface area (Å²) in [5, 5.41) is 11.1. The molecular weight excluding hydrogens is 382 g/mol. The van der Waals surface area contributed by atoms with E-state index >= 15 is 0 Å². The summed E-state index contributed by atoms with van der Waals surface area (Å²) in [7, 11) is 3.15. The molecule has 0 amide bonds. The molecule has 1 N–H and O–H groups in total. The summed E-state index contributed by atoms with van der Waals surface area (Å²) >= 11 is 5.90. The number of hydrogen-bond acceptors (Lipinski definition) is 6. The van der Waals surface area contributed by atoms with Gasteiger partial charge in [0.05, 0.1) is 14.2 Å². The average molecular weight is 408 g/mol. The number of β-amino-alcohol motifs (C(OH)–C–C–N with tert-alkyl or cyclic N) is 1. The summed E-state index contributed by atoms with van der Waals surface area (Å²) in [5.41, 5.74) is 0. The Morgan fingerprint density at radius 2 is 1.79 bits per heavy atom. The number of aliphatic hydroxyl groups is 1. The number of halogens is 1. The Kier molecular flexibility index (Phi) is 7.25. The van der Waals surface area contributed by atoms with E-state index in [0.717, 1.165) is 25.3 Å². The van der Waals surface area contributed by atoms with Gasteiger partial charge in [0, 0.05) is 24.7 Å². The van der Waals surface area contributed by atoms with Crippen molar-refractivity contribution < 1.29 is 24.1 Å². The van der Waals surface area contributed by atoms with E-state index in [1.807, 2.05) is 30.3 Å². The molecule has 152 valence electrons. The van der Waals surface area contributed by atoms with Crippen molar-refractivity contribution in [3.8, 4) is 23.0 Å². The molecule has 0 radical (unpaired) electrons. The number of ether oxygens (including phenoxy) is 4. The van der Waals surface area contributed by atoms with Crippen LogP contribution in [0.25, 0.3) is 0 Å². The van der Waals surface area contributed by atoms with Gasteiger partial charge >= 0.3 is 0 Å². The molecule has 3 rings (SSSR count). The monoisotopic (exact) mass is 407 g/mol. The molecule has 7 heteroatoms. The van der Waals surface area contributed by atoms with Crippen LogP contribution in [-0.2, 0) is 0 Å². The third kappa shape index (κ3) is 5.44. The van der Waals surface area contributed by atoms with E-state index in [2.05, 4.69) is 4.90 Å². The van der Waals surface area contributed by atoms with Crippen LogP contribution in [0.5, 0.6) is 23.0 Å². The number of aliphatic hydroxyl groups excluding tert-OH is 1. The highest BCUT2D eigenvalue weighted by Gasteiger charge is 2.26. The van der Waals surface area contributed by atoms with Crippen LogP contribution in [0, 0.1) is 0 Å². The van der Waals surface area contributed by atoms with Crippen LogP contribution in [0.2, 0.25) is 5.02 Å². The molecule has 2 aromatic rings. The lowest BCUT2D eigenvalue weighted by atomic mass is 10.3. The van der Waals surface area contributed by atoms with Crippen LogP contribution in [-0.4, -0.2) is 62.7 Å². The second kappa shape index (κ2) is 9.87. The Morgan fingerprint density at radius 3 is 2.43 bits per heavy atom. The van der Waals surface area contributed by atoms with Crippen LogP contribution in [0.15, 0.2) is 42.5 Å². The van der Waals surface area contributed by atoms with Crippen molar-refractivity contribution in [3.05, 3.63) is 47.5 Å². The van der Waals surface area contributed by atoms with Crippen LogP contribution < -0.4 is 18.9 Å². The molecule has 1 heterocycles. The Labute approximate surface area is 170 Å². The maximum Gasteiger partial charge on any atom is 0.203 e. The first kappa shape index (κ1) is 20.6. The number of hydrogen-bond donors (Lipinski definition) is 1. The van der Waals surface area contributed by atoms with E-state index in [1.165, 1.54) is 0 Å². The summed E-state index contributed by atoms with van der Waals surface area (Å²) in [6.07, 6.45) is 0.379. The molecular formula is C21H26ClNO5. The fourth-order valence-electron chi connectivity index (χ4n) is 3.25. The van der Waals surface area contributed by atoms with Gasteiger partial charge in [-0.2, -0.15) is 0 Å². The van der Waals surface area contributed by atoms with Crippen molar-refractivity contribution in [1.82, 2.24) is 4.90 Å². The molecule has 0 aromatic heterocycles. The van der Waals surface area contributed by atoms with Gasteiger partial charge in [0.25, 0.3) is 0 Å². The van der Waals surface area contributed by atoms with E-state index in [4.69, 9.17) is 30.5 Å². The van der Waals surface area contributed by atoms with Crippen LogP contribution in [0.1, 0.15) is 6.42 Å². The summed E-state index contributed by atoms with van der Waals surface area (Å²) < 4.78 is 22.4. The van der Waals surface area contributed by atoms with Gasteiger partial charge in [0.15, 0.2) is 11.5 Å². The quantitative estimate of drug-likeness (QED) is 0.688. The van der Waals surface area contributed by atoms with Crippen molar-refractivity contribution in [2.24, 2.45) is 0 Å². The first-order valence-corrected chi connectivity index (χ1v) is 9.63. The number of benzene rings is 2. The molecule has 2 unspecified atom stereocenters. The predicted octanol–water partition coefficient (Wildman–Crippen LogP) is 3.25. The highest BCUT2D eigenvalue weighted by atomic mass is 35.5. The first-order valence-electron chi connectivity index (χ1n) is 9.25. The van der Waals surface area contributed by atoms with Crippen LogP contribution in [0.4, 0.5) is 0 Å². The summed E-state index contributed by atoms with van der Waals surface area (Å²) in [5.74, 6) is 2.45. The minimum Gasteiger partial charge on any atom is -0.493 e. The van der Waals surface area contributed by atoms with E-state index in [1.54, 1.807) is 26.4 Å². The lowest BCUT2D eigenvalue weighted by Gasteiger charge is -2.21. The van der Waals surface area contributed by atoms with E-state index in [9.17, 15) is 5.11 Å². The number of para-hydroxylation sites is 1.